The Morgan fingerprint density at radius 1 is 0.786 bits per heavy atom. The number of hydrogen-bond acceptors (Lipinski definition) is 2. The largest absolute Gasteiger partial charge is 0.352 e. The Morgan fingerprint density at radius 2 is 1.43 bits per heavy atom. The van der Waals surface area contributed by atoms with Crippen LogP contribution in [0.4, 0.5) is 5.69 Å². The summed E-state index contributed by atoms with van der Waals surface area (Å²) < 4.78 is 0. The average Bonchev–Trinajstić information content (AvgIpc) is 2.73. The van der Waals surface area contributed by atoms with E-state index in [2.05, 4.69) is 22.8 Å². The molecule has 0 aliphatic rings. The van der Waals surface area contributed by atoms with Crippen LogP contribution >= 0.6 is 0 Å². The molecular formula is C24H24N2O2. The zero-order valence-electron chi connectivity index (χ0n) is 15.9. The van der Waals surface area contributed by atoms with Gasteiger partial charge in [0.1, 0.15) is 0 Å². The highest BCUT2D eigenvalue weighted by atomic mass is 16.2. The van der Waals surface area contributed by atoms with Crippen molar-refractivity contribution in [1.29, 1.82) is 0 Å². The molecule has 3 rings (SSSR count). The van der Waals surface area contributed by atoms with Gasteiger partial charge in [-0.05, 0) is 47.4 Å². The summed E-state index contributed by atoms with van der Waals surface area (Å²) in [5.74, 6) is -0.186. The summed E-state index contributed by atoms with van der Waals surface area (Å²) in [7, 11) is 0. The Morgan fingerprint density at radius 3 is 2.07 bits per heavy atom. The molecule has 0 aromatic heterocycles. The molecule has 0 fully saturated rings. The third-order valence-corrected chi connectivity index (χ3v) is 4.39. The first-order chi connectivity index (χ1) is 13.7. The number of hydrogen-bond donors (Lipinski definition) is 2. The second-order valence-corrected chi connectivity index (χ2v) is 6.62. The summed E-state index contributed by atoms with van der Waals surface area (Å²) in [4.78, 5) is 24.2. The molecule has 4 nitrogen and oxygen atoms in total. The number of benzene rings is 3. The molecule has 2 amide bonds. The molecule has 0 spiro atoms. The molecule has 0 heterocycles. The molecule has 4 heteroatoms. The van der Waals surface area contributed by atoms with Crippen molar-refractivity contribution in [3.63, 3.8) is 0 Å². The van der Waals surface area contributed by atoms with Gasteiger partial charge in [0.15, 0.2) is 0 Å². The van der Waals surface area contributed by atoms with Crippen LogP contribution in [0.5, 0.6) is 0 Å². The van der Waals surface area contributed by atoms with Gasteiger partial charge >= 0.3 is 0 Å². The van der Waals surface area contributed by atoms with Crippen LogP contribution < -0.4 is 10.6 Å². The molecule has 0 unspecified atom stereocenters. The summed E-state index contributed by atoms with van der Waals surface area (Å²) in [6.45, 7) is 2.66. The maximum Gasteiger partial charge on any atom is 0.251 e. The monoisotopic (exact) mass is 372 g/mol. The van der Waals surface area contributed by atoms with E-state index in [9.17, 15) is 9.59 Å². The van der Waals surface area contributed by atoms with Crippen molar-refractivity contribution in [2.75, 3.05) is 11.9 Å². The molecule has 0 aliphatic heterocycles. The quantitative estimate of drug-likeness (QED) is 0.633. The van der Waals surface area contributed by atoms with Crippen molar-refractivity contribution < 1.29 is 9.59 Å². The van der Waals surface area contributed by atoms with Gasteiger partial charge in [0.05, 0.1) is 6.42 Å². The van der Waals surface area contributed by atoms with Crippen LogP contribution in [0.3, 0.4) is 0 Å². The molecule has 0 saturated carbocycles. The third-order valence-electron chi connectivity index (χ3n) is 4.39. The van der Waals surface area contributed by atoms with Crippen LogP contribution in [-0.2, 0) is 11.2 Å². The number of amides is 2. The van der Waals surface area contributed by atoms with Gasteiger partial charge in [0.25, 0.3) is 5.91 Å². The molecule has 28 heavy (non-hydrogen) atoms. The van der Waals surface area contributed by atoms with E-state index in [1.54, 1.807) is 24.3 Å². The third kappa shape index (κ3) is 5.30. The minimum atomic E-state index is -0.0989. The van der Waals surface area contributed by atoms with Crippen molar-refractivity contribution in [3.05, 3.63) is 90.0 Å². The first kappa shape index (κ1) is 19.4. The molecule has 3 aromatic rings. The predicted molar refractivity (Wildman–Crippen MR) is 113 cm³/mol. The van der Waals surface area contributed by atoms with Crippen LogP contribution in [0, 0.1) is 0 Å². The summed E-state index contributed by atoms with van der Waals surface area (Å²) in [5, 5.41) is 5.71. The number of carbonyl (C=O) groups is 2. The van der Waals surface area contributed by atoms with Crippen molar-refractivity contribution in [3.8, 4) is 11.1 Å². The molecule has 0 saturated heterocycles. The highest BCUT2D eigenvalue weighted by molar-refractivity contribution is 5.96. The lowest BCUT2D eigenvalue weighted by molar-refractivity contribution is -0.115. The smallest absolute Gasteiger partial charge is 0.251 e. The molecule has 0 atom stereocenters. The zero-order valence-corrected chi connectivity index (χ0v) is 15.9. The Bertz CT molecular complexity index is 917. The molecule has 142 valence electrons. The van der Waals surface area contributed by atoms with Gasteiger partial charge in [0, 0.05) is 17.8 Å². The zero-order chi connectivity index (χ0) is 19.8. The van der Waals surface area contributed by atoms with E-state index in [1.165, 1.54) is 0 Å². The van der Waals surface area contributed by atoms with Gasteiger partial charge in [-0.25, -0.2) is 0 Å². The molecule has 0 bridgehead atoms. The Labute approximate surface area is 165 Å². The van der Waals surface area contributed by atoms with Gasteiger partial charge in [0.2, 0.25) is 5.91 Å². The fraction of sp³-hybridized carbons (Fsp3) is 0.167. The van der Waals surface area contributed by atoms with Gasteiger partial charge in [-0.1, -0.05) is 61.5 Å². The van der Waals surface area contributed by atoms with Crippen molar-refractivity contribution in [1.82, 2.24) is 5.32 Å². The van der Waals surface area contributed by atoms with E-state index in [0.717, 1.165) is 23.1 Å². The van der Waals surface area contributed by atoms with Crippen LogP contribution in [0.15, 0.2) is 78.9 Å². The second-order valence-electron chi connectivity index (χ2n) is 6.62. The van der Waals surface area contributed by atoms with Crippen molar-refractivity contribution >= 4 is 17.5 Å². The number of nitrogens with one attached hydrogen (secondary N) is 2. The van der Waals surface area contributed by atoms with E-state index in [1.807, 2.05) is 49.4 Å². The maximum absolute atomic E-state index is 12.3. The summed E-state index contributed by atoms with van der Waals surface area (Å²) in [6, 6.07) is 25.1. The molecule has 0 aliphatic carbocycles. The lowest BCUT2D eigenvalue weighted by atomic mass is 10.0. The maximum atomic E-state index is 12.3. The van der Waals surface area contributed by atoms with Gasteiger partial charge in [-0.15, -0.1) is 0 Å². The summed E-state index contributed by atoms with van der Waals surface area (Å²) in [5.41, 5.74) is 4.50. The highest BCUT2D eigenvalue weighted by Crippen LogP contribution is 2.19. The van der Waals surface area contributed by atoms with E-state index < -0.39 is 0 Å². The normalized spacial score (nSPS) is 10.3. The van der Waals surface area contributed by atoms with Crippen molar-refractivity contribution in [2.45, 2.75) is 19.8 Å². The lowest BCUT2D eigenvalue weighted by Crippen LogP contribution is -2.23. The molecule has 2 N–H and O–H groups in total. The standard InChI is InChI=1S/C24H24N2O2/c1-2-16-25-24(28)21-12-14-22(15-13-21)26-23(27)17-18-8-10-20(11-9-18)19-6-4-3-5-7-19/h3-15H,2,16-17H2,1H3,(H,25,28)(H,26,27). The summed E-state index contributed by atoms with van der Waals surface area (Å²) in [6.07, 6.45) is 1.19. The van der Waals surface area contributed by atoms with Crippen LogP contribution in [-0.4, -0.2) is 18.4 Å². The van der Waals surface area contributed by atoms with E-state index in [-0.39, 0.29) is 11.8 Å². The van der Waals surface area contributed by atoms with E-state index >= 15 is 0 Å². The van der Waals surface area contributed by atoms with Crippen LogP contribution in [0.2, 0.25) is 0 Å². The fourth-order valence-electron chi connectivity index (χ4n) is 2.88. The Kier molecular flexibility index (Phi) is 6.58. The predicted octanol–water partition coefficient (Wildman–Crippen LogP) is 4.67. The second kappa shape index (κ2) is 9.51. The number of anilines is 1. The molecular weight excluding hydrogens is 348 g/mol. The van der Waals surface area contributed by atoms with Gasteiger partial charge < -0.3 is 10.6 Å². The topological polar surface area (TPSA) is 58.2 Å². The Hall–Kier alpha value is -3.40. The lowest BCUT2D eigenvalue weighted by Gasteiger charge is -2.08. The fourth-order valence-corrected chi connectivity index (χ4v) is 2.88. The van der Waals surface area contributed by atoms with Crippen LogP contribution in [0.25, 0.3) is 11.1 Å². The first-order valence-corrected chi connectivity index (χ1v) is 9.48. The number of rotatable bonds is 7. The van der Waals surface area contributed by atoms with Crippen molar-refractivity contribution in [2.24, 2.45) is 0 Å². The molecule has 3 aromatic carbocycles. The van der Waals surface area contributed by atoms with Gasteiger partial charge in [-0.3, -0.25) is 9.59 Å². The van der Waals surface area contributed by atoms with Gasteiger partial charge in [-0.2, -0.15) is 0 Å². The van der Waals surface area contributed by atoms with E-state index in [4.69, 9.17) is 0 Å². The SMILES string of the molecule is CCCNC(=O)c1ccc(NC(=O)Cc2ccc(-c3ccccc3)cc2)cc1. The average molecular weight is 372 g/mol. The Balaban J connectivity index is 1.56. The minimum absolute atomic E-state index is 0.0874. The number of carbonyl (C=O) groups excluding carboxylic acids is 2. The minimum Gasteiger partial charge on any atom is -0.352 e. The summed E-state index contributed by atoms with van der Waals surface area (Å²) >= 11 is 0. The molecule has 0 radical (unpaired) electrons. The highest BCUT2D eigenvalue weighted by Gasteiger charge is 2.07. The van der Waals surface area contributed by atoms with E-state index in [0.29, 0.717) is 24.2 Å². The van der Waals surface area contributed by atoms with Crippen LogP contribution in [0.1, 0.15) is 29.3 Å². The first-order valence-electron chi connectivity index (χ1n) is 9.48.